The lowest BCUT2D eigenvalue weighted by molar-refractivity contribution is -0.127. The van der Waals surface area contributed by atoms with Crippen molar-refractivity contribution in [3.63, 3.8) is 0 Å². The summed E-state index contributed by atoms with van der Waals surface area (Å²) in [5, 5.41) is 10.6. The molecule has 0 radical (unpaired) electrons. The molecule has 0 fully saturated rings. The average Bonchev–Trinajstić information content (AvgIpc) is 3.69. The van der Waals surface area contributed by atoms with Gasteiger partial charge in [0.1, 0.15) is 11.6 Å². The van der Waals surface area contributed by atoms with E-state index in [0.717, 1.165) is 110 Å². The number of hydrogen-bond acceptors (Lipinski definition) is 7. The molecule has 2 unspecified atom stereocenters. The zero-order valence-corrected chi connectivity index (χ0v) is 41.5. The number of rotatable bonds is 12. The Labute approximate surface area is 377 Å². The summed E-state index contributed by atoms with van der Waals surface area (Å²) in [6.07, 6.45) is 8.22. The lowest BCUT2D eigenvalue weighted by Gasteiger charge is -2.43. The Hall–Kier alpha value is -4.76. The molecule has 0 saturated heterocycles. The predicted molar refractivity (Wildman–Crippen MR) is 262 cm³/mol. The Balaban J connectivity index is 1.06. The molecule has 4 aromatic heterocycles. The Bertz CT molecular complexity index is 2500. The molecule has 336 valence electrons. The van der Waals surface area contributed by atoms with Gasteiger partial charge < -0.3 is 14.5 Å². The number of benzene rings is 2. The van der Waals surface area contributed by atoms with E-state index >= 15 is 0 Å². The molecule has 0 spiro atoms. The number of fused-ring (bicyclic) bond motifs is 6. The molecular weight excluding hydrogens is 777 g/mol. The van der Waals surface area contributed by atoms with E-state index in [2.05, 4.69) is 154 Å². The predicted octanol–water partition coefficient (Wildman–Crippen LogP) is 12.3. The van der Waals surface area contributed by atoms with Crippen LogP contribution in [0.1, 0.15) is 147 Å². The van der Waals surface area contributed by atoms with Gasteiger partial charge in [-0.15, -0.1) is 0 Å². The first kappa shape index (κ1) is 44.8. The summed E-state index contributed by atoms with van der Waals surface area (Å²) < 4.78 is 11.6. The van der Waals surface area contributed by atoms with Crippen LogP contribution < -0.4 is 9.80 Å². The van der Waals surface area contributed by atoms with Gasteiger partial charge in [-0.2, -0.15) is 19.2 Å². The van der Waals surface area contributed by atoms with E-state index < -0.39 is 0 Å². The van der Waals surface area contributed by atoms with Crippen molar-refractivity contribution in [3.05, 3.63) is 91.5 Å². The molecule has 9 heteroatoms. The Morgan fingerprint density at radius 1 is 0.524 bits per heavy atom. The van der Waals surface area contributed by atoms with Crippen LogP contribution in [0.3, 0.4) is 0 Å². The minimum absolute atomic E-state index is 0.364. The van der Waals surface area contributed by atoms with Crippen molar-refractivity contribution in [2.75, 3.05) is 22.9 Å². The van der Waals surface area contributed by atoms with Gasteiger partial charge >= 0.3 is 0 Å². The van der Waals surface area contributed by atoms with E-state index in [1.54, 1.807) is 0 Å². The molecule has 0 saturated carbocycles. The SMILES string of the molecule is CCC1CCc2c(C)nc3c(-c4c(C)cc(C)cc4C)c(C)nn3c2N1CCC(C)(C)OC(C)(C)CCN1c2c(c(C)nc3c(-c4c(C)cc(C)cc4C)c(C)nn23)CCC1CC. The highest BCUT2D eigenvalue weighted by atomic mass is 16.5. The molecule has 0 amide bonds. The molecular formula is C54H74N8O. The van der Waals surface area contributed by atoms with Crippen LogP contribution in [0, 0.1) is 69.2 Å². The highest BCUT2D eigenvalue weighted by molar-refractivity contribution is 5.86. The Kier molecular flexibility index (Phi) is 11.9. The van der Waals surface area contributed by atoms with Gasteiger partial charge in [-0.1, -0.05) is 49.2 Å². The zero-order valence-electron chi connectivity index (χ0n) is 41.5. The summed E-state index contributed by atoms with van der Waals surface area (Å²) in [5.41, 5.74) is 20.7. The molecule has 0 aliphatic carbocycles. The fourth-order valence-corrected chi connectivity index (χ4v) is 11.8. The van der Waals surface area contributed by atoms with Gasteiger partial charge in [0.25, 0.3) is 0 Å². The molecule has 8 rings (SSSR count). The molecule has 63 heavy (non-hydrogen) atoms. The summed E-state index contributed by atoms with van der Waals surface area (Å²) >= 11 is 0. The Morgan fingerprint density at radius 2 is 0.873 bits per heavy atom. The quantitative estimate of drug-likeness (QED) is 0.121. The molecule has 2 aliphatic rings. The van der Waals surface area contributed by atoms with E-state index in [1.165, 1.54) is 67.3 Å². The first-order valence-corrected chi connectivity index (χ1v) is 23.9. The fourth-order valence-electron chi connectivity index (χ4n) is 11.8. The van der Waals surface area contributed by atoms with Crippen LogP contribution in [0.5, 0.6) is 0 Å². The van der Waals surface area contributed by atoms with Gasteiger partial charge in [0.05, 0.1) is 33.7 Å². The van der Waals surface area contributed by atoms with Crippen LogP contribution in [-0.4, -0.2) is 65.6 Å². The van der Waals surface area contributed by atoms with Crippen LogP contribution in [0.15, 0.2) is 24.3 Å². The van der Waals surface area contributed by atoms with Crippen LogP contribution in [0.25, 0.3) is 33.5 Å². The maximum Gasteiger partial charge on any atom is 0.165 e. The van der Waals surface area contributed by atoms with Crippen molar-refractivity contribution >= 4 is 22.9 Å². The average molecular weight is 851 g/mol. The molecule has 2 aliphatic heterocycles. The maximum atomic E-state index is 7.25. The van der Waals surface area contributed by atoms with Gasteiger partial charge in [-0.25, -0.2) is 9.97 Å². The molecule has 6 heterocycles. The first-order valence-electron chi connectivity index (χ1n) is 23.9. The monoisotopic (exact) mass is 851 g/mol. The minimum atomic E-state index is -0.364. The van der Waals surface area contributed by atoms with E-state index in [4.69, 9.17) is 24.9 Å². The molecule has 2 atom stereocenters. The van der Waals surface area contributed by atoms with Gasteiger partial charge in [-0.05, 0) is 182 Å². The van der Waals surface area contributed by atoms with Crippen LogP contribution in [0.4, 0.5) is 11.6 Å². The smallest absolute Gasteiger partial charge is 0.165 e. The third-order valence-electron chi connectivity index (χ3n) is 14.6. The number of nitrogens with zero attached hydrogens (tertiary/aromatic N) is 8. The second-order valence-corrected chi connectivity index (χ2v) is 20.6. The van der Waals surface area contributed by atoms with Crippen molar-refractivity contribution in [2.45, 2.75) is 185 Å². The third kappa shape index (κ3) is 8.06. The molecule has 0 bridgehead atoms. The van der Waals surface area contributed by atoms with Crippen molar-refractivity contribution in [3.8, 4) is 22.3 Å². The Morgan fingerprint density at radius 3 is 1.21 bits per heavy atom. The topological polar surface area (TPSA) is 76.1 Å². The number of aromatic nitrogens is 6. The number of hydrogen-bond donors (Lipinski definition) is 0. The molecule has 9 nitrogen and oxygen atoms in total. The molecule has 6 aromatic rings. The van der Waals surface area contributed by atoms with E-state index in [9.17, 15) is 0 Å². The highest BCUT2D eigenvalue weighted by Gasteiger charge is 2.37. The van der Waals surface area contributed by atoms with E-state index in [1.807, 2.05) is 0 Å². The lowest BCUT2D eigenvalue weighted by Crippen LogP contribution is -2.47. The number of anilines is 2. The summed E-state index contributed by atoms with van der Waals surface area (Å²) in [4.78, 5) is 15.9. The largest absolute Gasteiger partial charge is 0.370 e. The highest BCUT2D eigenvalue weighted by Crippen LogP contribution is 2.42. The maximum absolute atomic E-state index is 7.25. The van der Waals surface area contributed by atoms with Gasteiger partial charge in [0, 0.05) is 47.7 Å². The van der Waals surface area contributed by atoms with Crippen LogP contribution >= 0.6 is 0 Å². The van der Waals surface area contributed by atoms with Gasteiger partial charge in [0.2, 0.25) is 0 Å². The standard InChI is InChI=1S/C54H74N8O/c1-17-41-19-21-43-37(9)55-49-47(45-33(5)27-31(3)28-34(45)6)39(11)57-61(49)51(43)59(41)25-23-53(13,14)63-54(15,16)24-26-60-42(18-2)20-22-44-38(10)56-50-48(40(12)58-62(50)52(44)60)46-35(7)29-32(4)30-36(46)8/h27-30,41-42H,17-26H2,1-16H3. The van der Waals surface area contributed by atoms with Crippen molar-refractivity contribution in [1.29, 1.82) is 0 Å². The lowest BCUT2D eigenvalue weighted by atomic mass is 9.92. The van der Waals surface area contributed by atoms with Crippen molar-refractivity contribution < 1.29 is 4.74 Å². The summed E-state index contributed by atoms with van der Waals surface area (Å²) in [6.45, 7) is 37.6. The van der Waals surface area contributed by atoms with E-state index in [0.29, 0.717) is 12.1 Å². The van der Waals surface area contributed by atoms with Crippen LogP contribution in [-0.2, 0) is 17.6 Å². The van der Waals surface area contributed by atoms with Gasteiger partial charge in [0.15, 0.2) is 11.3 Å². The number of ether oxygens (including phenoxy) is 1. The molecule has 2 aromatic carbocycles. The first-order chi connectivity index (χ1) is 29.7. The zero-order chi connectivity index (χ0) is 45.4. The van der Waals surface area contributed by atoms with Crippen molar-refractivity contribution in [2.24, 2.45) is 0 Å². The summed E-state index contributed by atoms with van der Waals surface area (Å²) in [7, 11) is 0. The van der Waals surface area contributed by atoms with Gasteiger partial charge in [-0.3, -0.25) is 0 Å². The van der Waals surface area contributed by atoms with E-state index in [-0.39, 0.29) is 11.2 Å². The van der Waals surface area contributed by atoms with Crippen molar-refractivity contribution in [1.82, 2.24) is 29.2 Å². The second kappa shape index (κ2) is 16.7. The number of aryl methyl sites for hydroxylation is 10. The normalized spacial score (nSPS) is 17.0. The summed E-state index contributed by atoms with van der Waals surface area (Å²) in [6, 6.07) is 9.99. The van der Waals surface area contributed by atoms with Crippen LogP contribution in [0.2, 0.25) is 0 Å². The minimum Gasteiger partial charge on any atom is -0.370 e. The second-order valence-electron chi connectivity index (χ2n) is 20.6. The fraction of sp³-hybridized carbons (Fsp3) is 0.556. The summed E-state index contributed by atoms with van der Waals surface area (Å²) in [5.74, 6) is 2.44. The third-order valence-corrected chi connectivity index (χ3v) is 14.6. The molecule has 0 N–H and O–H groups in total.